The Balaban J connectivity index is 2.26. The largest absolute Gasteiger partial charge is 0.508 e. The van der Waals surface area contributed by atoms with E-state index < -0.39 is 0 Å². The highest BCUT2D eigenvalue weighted by molar-refractivity contribution is 9.10. The second-order valence-electron chi connectivity index (χ2n) is 3.02. The lowest BCUT2D eigenvalue weighted by molar-refractivity contribution is 0.416. The van der Waals surface area contributed by atoms with E-state index in [9.17, 15) is 5.11 Å². The summed E-state index contributed by atoms with van der Waals surface area (Å²) in [5.74, 6) is 0.719. The van der Waals surface area contributed by atoms with Crippen LogP contribution in [0.2, 0.25) is 0 Å². The molecule has 1 aromatic heterocycles. The zero-order chi connectivity index (χ0) is 10.8. The van der Waals surface area contributed by atoms with E-state index in [0.717, 1.165) is 4.60 Å². The van der Waals surface area contributed by atoms with E-state index in [2.05, 4.69) is 20.9 Å². The zero-order valence-electron chi connectivity index (χ0n) is 8.01. The molecule has 1 aromatic carbocycles. The van der Waals surface area contributed by atoms with Gasteiger partial charge >= 0.3 is 6.01 Å². The Morgan fingerprint density at radius 3 is 2.87 bits per heavy atom. The van der Waals surface area contributed by atoms with E-state index in [0.29, 0.717) is 11.8 Å². The van der Waals surface area contributed by atoms with Gasteiger partial charge in [-0.05, 0) is 28.1 Å². The summed E-state index contributed by atoms with van der Waals surface area (Å²) in [6.45, 7) is 0. The van der Waals surface area contributed by atoms with Gasteiger partial charge < -0.3 is 9.84 Å². The van der Waals surface area contributed by atoms with Gasteiger partial charge in [-0.3, -0.25) is 4.57 Å². The lowest BCUT2D eigenvalue weighted by atomic mass is 10.3. The number of ether oxygens (including phenoxy) is 1. The predicted octanol–water partition coefficient (Wildman–Crippen LogP) is 2.68. The minimum absolute atomic E-state index is 0.167. The third-order valence-corrected chi connectivity index (χ3v) is 2.65. The van der Waals surface area contributed by atoms with E-state index in [1.165, 1.54) is 6.07 Å². The molecule has 5 heteroatoms. The summed E-state index contributed by atoms with van der Waals surface area (Å²) in [6.07, 6.45) is 1.65. The Labute approximate surface area is 95.3 Å². The maximum absolute atomic E-state index is 9.25. The van der Waals surface area contributed by atoms with Crippen LogP contribution in [0.25, 0.3) is 0 Å². The number of phenolic OH excluding ortho intramolecular Hbond substituents is 1. The third-order valence-electron chi connectivity index (χ3n) is 1.92. The molecular formula is C10H9BrN2O2. The molecule has 0 aliphatic rings. The lowest BCUT2D eigenvalue weighted by Gasteiger charge is -2.05. The Hall–Kier alpha value is -1.49. The molecular weight excluding hydrogens is 260 g/mol. The number of halogens is 1. The van der Waals surface area contributed by atoms with Gasteiger partial charge in [0, 0.05) is 13.1 Å². The van der Waals surface area contributed by atoms with Crippen LogP contribution in [0.1, 0.15) is 0 Å². The van der Waals surface area contributed by atoms with Crippen molar-refractivity contribution >= 4 is 15.9 Å². The molecule has 0 radical (unpaired) electrons. The first-order chi connectivity index (χ1) is 7.16. The molecule has 2 aromatic rings. The van der Waals surface area contributed by atoms with Crippen LogP contribution in [0, 0.1) is 0 Å². The van der Waals surface area contributed by atoms with Crippen LogP contribution in [0.4, 0.5) is 0 Å². The second-order valence-corrected chi connectivity index (χ2v) is 3.83. The van der Waals surface area contributed by atoms with Gasteiger partial charge in [0.25, 0.3) is 0 Å². The summed E-state index contributed by atoms with van der Waals surface area (Å²) in [7, 11) is 1.83. The Kier molecular flexibility index (Phi) is 2.64. The summed E-state index contributed by atoms with van der Waals surface area (Å²) in [4.78, 5) is 4.05. The smallest absolute Gasteiger partial charge is 0.302 e. The van der Waals surface area contributed by atoms with Gasteiger partial charge in [-0.2, -0.15) is 0 Å². The monoisotopic (exact) mass is 268 g/mol. The highest BCUT2D eigenvalue weighted by atomic mass is 79.9. The molecule has 2 rings (SSSR count). The zero-order valence-corrected chi connectivity index (χ0v) is 9.60. The molecule has 1 heterocycles. The van der Waals surface area contributed by atoms with Gasteiger partial charge in [0.05, 0.1) is 6.20 Å². The molecule has 78 valence electrons. The molecule has 0 amide bonds. The maximum atomic E-state index is 9.25. The number of rotatable bonds is 2. The number of aromatic hydroxyl groups is 1. The number of aromatic nitrogens is 2. The molecule has 0 saturated carbocycles. The van der Waals surface area contributed by atoms with Crippen LogP contribution in [0.3, 0.4) is 0 Å². The first-order valence-corrected chi connectivity index (χ1v) is 5.10. The van der Waals surface area contributed by atoms with Crippen molar-refractivity contribution in [3.8, 4) is 17.5 Å². The van der Waals surface area contributed by atoms with Gasteiger partial charge in [-0.1, -0.05) is 6.07 Å². The number of hydrogen-bond donors (Lipinski definition) is 1. The molecule has 0 aliphatic heterocycles. The second kappa shape index (κ2) is 3.94. The molecule has 0 atom stereocenters. The highest BCUT2D eigenvalue weighted by Crippen LogP contribution is 2.25. The van der Waals surface area contributed by atoms with Crippen molar-refractivity contribution in [3.05, 3.63) is 35.1 Å². The van der Waals surface area contributed by atoms with Crippen molar-refractivity contribution in [2.45, 2.75) is 0 Å². The van der Waals surface area contributed by atoms with Crippen LogP contribution in [0.15, 0.2) is 35.1 Å². The Bertz CT molecular complexity index is 482. The summed E-state index contributed by atoms with van der Waals surface area (Å²) in [5, 5.41) is 9.25. The standard InChI is InChI=1S/C10H9BrN2O2/c1-13-9(11)6-12-10(13)15-8-4-2-3-7(14)5-8/h2-6,14H,1H3. The number of imidazole rings is 1. The number of hydrogen-bond acceptors (Lipinski definition) is 3. The van der Waals surface area contributed by atoms with Crippen LogP contribution < -0.4 is 4.74 Å². The fraction of sp³-hybridized carbons (Fsp3) is 0.100. The van der Waals surface area contributed by atoms with Gasteiger partial charge in [-0.15, -0.1) is 0 Å². The minimum Gasteiger partial charge on any atom is -0.508 e. The van der Waals surface area contributed by atoms with E-state index in [1.54, 1.807) is 29.0 Å². The molecule has 0 unspecified atom stereocenters. The normalized spacial score (nSPS) is 10.3. The fourth-order valence-electron chi connectivity index (χ4n) is 1.12. The number of phenols is 1. The van der Waals surface area contributed by atoms with Gasteiger partial charge in [0.1, 0.15) is 16.1 Å². The van der Waals surface area contributed by atoms with Crippen molar-refractivity contribution in [1.82, 2.24) is 9.55 Å². The third kappa shape index (κ3) is 2.12. The van der Waals surface area contributed by atoms with E-state index >= 15 is 0 Å². The molecule has 1 N–H and O–H groups in total. The first-order valence-electron chi connectivity index (χ1n) is 4.31. The van der Waals surface area contributed by atoms with Crippen LogP contribution >= 0.6 is 15.9 Å². The number of nitrogens with zero attached hydrogens (tertiary/aromatic N) is 2. The summed E-state index contributed by atoms with van der Waals surface area (Å²) in [5.41, 5.74) is 0. The first kappa shape index (κ1) is 10.0. The summed E-state index contributed by atoms with van der Waals surface area (Å²) in [6, 6.07) is 7.04. The van der Waals surface area contributed by atoms with Crippen LogP contribution in [-0.2, 0) is 7.05 Å². The lowest BCUT2D eigenvalue weighted by Crippen LogP contribution is -1.94. The fourth-order valence-corrected chi connectivity index (χ4v) is 1.37. The van der Waals surface area contributed by atoms with Gasteiger partial charge in [0.15, 0.2) is 0 Å². The van der Waals surface area contributed by atoms with Gasteiger partial charge in [-0.25, -0.2) is 4.98 Å². The van der Waals surface area contributed by atoms with Crippen molar-refractivity contribution in [2.24, 2.45) is 7.05 Å². The average Bonchev–Trinajstić information content (AvgIpc) is 2.50. The van der Waals surface area contributed by atoms with Crippen molar-refractivity contribution < 1.29 is 9.84 Å². The van der Waals surface area contributed by atoms with Crippen molar-refractivity contribution in [1.29, 1.82) is 0 Å². The van der Waals surface area contributed by atoms with E-state index in [-0.39, 0.29) is 5.75 Å². The molecule has 15 heavy (non-hydrogen) atoms. The van der Waals surface area contributed by atoms with Crippen LogP contribution in [0.5, 0.6) is 17.5 Å². The molecule has 0 saturated heterocycles. The topological polar surface area (TPSA) is 47.3 Å². The predicted molar refractivity (Wildman–Crippen MR) is 59.1 cm³/mol. The highest BCUT2D eigenvalue weighted by Gasteiger charge is 2.06. The molecule has 0 aliphatic carbocycles. The SMILES string of the molecule is Cn1c(Br)cnc1Oc1cccc(O)c1. The summed E-state index contributed by atoms with van der Waals surface area (Å²) >= 11 is 3.31. The average molecular weight is 269 g/mol. The van der Waals surface area contributed by atoms with Crippen molar-refractivity contribution in [2.75, 3.05) is 0 Å². The van der Waals surface area contributed by atoms with E-state index in [1.807, 2.05) is 7.05 Å². The van der Waals surface area contributed by atoms with Gasteiger partial charge in [0.2, 0.25) is 0 Å². The quantitative estimate of drug-likeness (QED) is 0.911. The van der Waals surface area contributed by atoms with Crippen molar-refractivity contribution in [3.63, 3.8) is 0 Å². The number of benzene rings is 1. The Morgan fingerprint density at radius 2 is 2.27 bits per heavy atom. The maximum Gasteiger partial charge on any atom is 0.302 e. The minimum atomic E-state index is 0.167. The van der Waals surface area contributed by atoms with Crippen LogP contribution in [-0.4, -0.2) is 14.7 Å². The molecule has 0 spiro atoms. The Morgan fingerprint density at radius 1 is 1.47 bits per heavy atom. The summed E-state index contributed by atoms with van der Waals surface area (Å²) < 4.78 is 8.06. The molecule has 0 fully saturated rings. The molecule has 4 nitrogen and oxygen atoms in total. The molecule has 0 bridgehead atoms. The van der Waals surface area contributed by atoms with E-state index in [4.69, 9.17) is 4.74 Å².